The van der Waals surface area contributed by atoms with Crippen LogP contribution in [0.5, 0.6) is 0 Å². The number of ether oxygens (including phenoxy) is 1. The Kier molecular flexibility index (Phi) is 4.62. The predicted molar refractivity (Wildman–Crippen MR) is 69.1 cm³/mol. The smallest absolute Gasteiger partial charge is 0.320 e. The van der Waals surface area contributed by atoms with Crippen molar-refractivity contribution in [2.75, 3.05) is 26.8 Å². The largest absolute Gasteiger partial charge is 0.481 e. The fourth-order valence-corrected chi connectivity index (χ4v) is 2.20. The predicted octanol–water partition coefficient (Wildman–Crippen LogP) is 1.01. The van der Waals surface area contributed by atoms with Crippen molar-refractivity contribution in [3.63, 3.8) is 0 Å². The van der Waals surface area contributed by atoms with Crippen LogP contribution in [0.4, 0.5) is 4.79 Å². The zero-order valence-electron chi connectivity index (χ0n) is 11.3. The van der Waals surface area contributed by atoms with Gasteiger partial charge in [0.05, 0.1) is 38.5 Å². The lowest BCUT2D eigenvalue weighted by molar-refractivity contribution is -0.139. The summed E-state index contributed by atoms with van der Waals surface area (Å²) in [4.78, 5) is 26.3. The van der Waals surface area contributed by atoms with Crippen molar-refractivity contribution >= 4 is 12.0 Å². The monoisotopic (exact) mass is 282 g/mol. The number of urea groups is 1. The first-order valence-electron chi connectivity index (χ1n) is 6.41. The Morgan fingerprint density at radius 3 is 3.00 bits per heavy atom. The maximum atomic E-state index is 12.4. The van der Waals surface area contributed by atoms with Gasteiger partial charge in [-0.05, 0) is 12.1 Å². The molecule has 0 aliphatic carbocycles. The quantitative estimate of drug-likeness (QED) is 0.891. The summed E-state index contributed by atoms with van der Waals surface area (Å²) < 4.78 is 10.5. The molecule has 0 spiro atoms. The molecule has 7 nitrogen and oxygen atoms in total. The first-order valence-corrected chi connectivity index (χ1v) is 6.41. The van der Waals surface area contributed by atoms with Crippen LogP contribution >= 0.6 is 0 Å². The number of rotatable bonds is 4. The Balaban J connectivity index is 1.99. The zero-order valence-corrected chi connectivity index (χ0v) is 11.3. The number of hydrogen-bond acceptors (Lipinski definition) is 4. The van der Waals surface area contributed by atoms with Gasteiger partial charge in [0.2, 0.25) is 0 Å². The van der Waals surface area contributed by atoms with Crippen molar-refractivity contribution in [3.8, 4) is 0 Å². The highest BCUT2D eigenvalue weighted by Crippen LogP contribution is 2.14. The zero-order chi connectivity index (χ0) is 14.5. The highest BCUT2D eigenvalue weighted by atomic mass is 16.5. The van der Waals surface area contributed by atoms with E-state index < -0.39 is 12.0 Å². The minimum atomic E-state index is -0.938. The lowest BCUT2D eigenvalue weighted by atomic mass is 10.1. The van der Waals surface area contributed by atoms with Crippen LogP contribution in [0, 0.1) is 0 Å². The Morgan fingerprint density at radius 2 is 2.35 bits per heavy atom. The van der Waals surface area contributed by atoms with Gasteiger partial charge in [-0.3, -0.25) is 4.79 Å². The summed E-state index contributed by atoms with van der Waals surface area (Å²) in [7, 11) is 1.66. The van der Waals surface area contributed by atoms with Gasteiger partial charge in [-0.2, -0.15) is 0 Å². The van der Waals surface area contributed by atoms with E-state index in [1.807, 2.05) is 0 Å². The number of carboxylic acid groups (broad SMARTS) is 1. The molecular weight excluding hydrogens is 264 g/mol. The number of carbonyl (C=O) groups is 2. The molecule has 0 aromatic carbocycles. The summed E-state index contributed by atoms with van der Waals surface area (Å²) in [6.07, 6.45) is 1.44. The molecule has 1 unspecified atom stereocenters. The van der Waals surface area contributed by atoms with Gasteiger partial charge in [0, 0.05) is 13.6 Å². The van der Waals surface area contributed by atoms with Crippen LogP contribution in [0.15, 0.2) is 22.8 Å². The Morgan fingerprint density at radius 1 is 1.55 bits per heavy atom. The molecule has 0 saturated carbocycles. The molecule has 1 aromatic heterocycles. The summed E-state index contributed by atoms with van der Waals surface area (Å²) in [6.45, 7) is 1.44. The number of hydrogen-bond donors (Lipinski definition) is 1. The van der Waals surface area contributed by atoms with Gasteiger partial charge >= 0.3 is 12.0 Å². The van der Waals surface area contributed by atoms with Crippen LogP contribution < -0.4 is 0 Å². The summed E-state index contributed by atoms with van der Waals surface area (Å²) in [5.41, 5.74) is 0. The van der Waals surface area contributed by atoms with Crippen LogP contribution in [0.25, 0.3) is 0 Å². The van der Waals surface area contributed by atoms with Gasteiger partial charge in [0.25, 0.3) is 0 Å². The van der Waals surface area contributed by atoms with E-state index in [1.165, 1.54) is 4.90 Å². The average Bonchev–Trinajstić information content (AvgIpc) is 2.90. The highest BCUT2D eigenvalue weighted by Gasteiger charge is 2.31. The molecule has 2 heterocycles. The Bertz CT molecular complexity index is 459. The first kappa shape index (κ1) is 14.4. The fraction of sp³-hybridized carbons (Fsp3) is 0.538. The molecule has 1 aliphatic rings. The van der Waals surface area contributed by atoms with Gasteiger partial charge in [0.15, 0.2) is 0 Å². The van der Waals surface area contributed by atoms with Crippen molar-refractivity contribution in [2.45, 2.75) is 19.0 Å². The van der Waals surface area contributed by atoms with Crippen LogP contribution in [0.3, 0.4) is 0 Å². The standard InChI is InChI=1S/C13H18N2O5/c1-14(8-11-3-2-5-20-11)13(18)15-4-6-19-9-10(15)7-12(16)17/h2-3,5,10H,4,6-9H2,1H3,(H,16,17). The number of aliphatic carboxylic acids is 1. The molecule has 1 aromatic rings. The molecule has 1 saturated heterocycles. The van der Waals surface area contributed by atoms with Gasteiger partial charge in [0.1, 0.15) is 5.76 Å². The highest BCUT2D eigenvalue weighted by molar-refractivity contribution is 5.76. The minimum absolute atomic E-state index is 0.111. The van der Waals surface area contributed by atoms with E-state index >= 15 is 0 Å². The Labute approximate surface area is 116 Å². The minimum Gasteiger partial charge on any atom is -0.481 e. The SMILES string of the molecule is CN(Cc1ccco1)C(=O)N1CCOCC1CC(=O)O. The molecule has 1 fully saturated rings. The molecular formula is C13H18N2O5. The van der Waals surface area contributed by atoms with Crippen molar-refractivity contribution in [2.24, 2.45) is 0 Å². The number of carboxylic acids is 1. The molecule has 2 amide bonds. The van der Waals surface area contributed by atoms with Crippen LogP contribution in [0.2, 0.25) is 0 Å². The normalized spacial score (nSPS) is 18.9. The topological polar surface area (TPSA) is 83.2 Å². The summed E-state index contributed by atoms with van der Waals surface area (Å²) in [6, 6.07) is 2.91. The van der Waals surface area contributed by atoms with E-state index in [0.29, 0.717) is 25.5 Å². The van der Waals surface area contributed by atoms with E-state index in [1.54, 1.807) is 30.3 Å². The fourth-order valence-electron chi connectivity index (χ4n) is 2.20. The Hall–Kier alpha value is -2.02. The van der Waals surface area contributed by atoms with Gasteiger partial charge in [-0.1, -0.05) is 0 Å². The molecule has 1 atom stereocenters. The number of morpholine rings is 1. The third-order valence-corrected chi connectivity index (χ3v) is 3.18. The lowest BCUT2D eigenvalue weighted by Gasteiger charge is -2.37. The molecule has 110 valence electrons. The van der Waals surface area contributed by atoms with E-state index in [4.69, 9.17) is 14.3 Å². The molecule has 0 bridgehead atoms. The van der Waals surface area contributed by atoms with E-state index in [0.717, 1.165) is 0 Å². The summed E-state index contributed by atoms with van der Waals surface area (Å²) in [5.74, 6) is -0.254. The number of furan rings is 1. The van der Waals surface area contributed by atoms with E-state index in [2.05, 4.69) is 0 Å². The van der Waals surface area contributed by atoms with Crippen molar-refractivity contribution in [3.05, 3.63) is 24.2 Å². The van der Waals surface area contributed by atoms with Gasteiger partial charge in [-0.15, -0.1) is 0 Å². The maximum Gasteiger partial charge on any atom is 0.320 e. The second-order valence-electron chi connectivity index (χ2n) is 4.74. The molecule has 0 radical (unpaired) electrons. The van der Waals surface area contributed by atoms with Gasteiger partial charge in [-0.25, -0.2) is 4.79 Å². The van der Waals surface area contributed by atoms with Crippen molar-refractivity contribution in [1.29, 1.82) is 0 Å². The second kappa shape index (κ2) is 6.42. The second-order valence-corrected chi connectivity index (χ2v) is 4.74. The lowest BCUT2D eigenvalue weighted by Crippen LogP contribution is -2.53. The maximum absolute atomic E-state index is 12.4. The summed E-state index contributed by atoms with van der Waals surface area (Å²) >= 11 is 0. The molecule has 20 heavy (non-hydrogen) atoms. The molecule has 1 aliphatic heterocycles. The molecule has 2 rings (SSSR count). The number of nitrogens with zero attached hydrogens (tertiary/aromatic N) is 2. The van der Waals surface area contributed by atoms with Crippen molar-refractivity contribution < 1.29 is 23.8 Å². The number of amides is 2. The molecule has 1 N–H and O–H groups in total. The third kappa shape index (κ3) is 3.51. The number of carbonyl (C=O) groups excluding carboxylic acids is 1. The van der Waals surface area contributed by atoms with Gasteiger partial charge < -0.3 is 24.1 Å². The van der Waals surface area contributed by atoms with Crippen LogP contribution in [-0.4, -0.2) is 59.8 Å². The summed E-state index contributed by atoms with van der Waals surface area (Å²) in [5, 5.41) is 8.89. The van der Waals surface area contributed by atoms with Crippen molar-refractivity contribution in [1.82, 2.24) is 9.80 Å². The van der Waals surface area contributed by atoms with E-state index in [-0.39, 0.29) is 19.1 Å². The van der Waals surface area contributed by atoms with E-state index in [9.17, 15) is 9.59 Å². The first-order chi connectivity index (χ1) is 9.58. The average molecular weight is 282 g/mol. The van der Waals surface area contributed by atoms with Crippen LogP contribution in [-0.2, 0) is 16.1 Å². The van der Waals surface area contributed by atoms with Crippen LogP contribution in [0.1, 0.15) is 12.2 Å². The third-order valence-electron chi connectivity index (χ3n) is 3.18. The molecule has 7 heteroatoms.